The van der Waals surface area contributed by atoms with Gasteiger partial charge in [0.25, 0.3) is 0 Å². The van der Waals surface area contributed by atoms with E-state index in [0.717, 1.165) is 30.4 Å². The first-order valence-corrected chi connectivity index (χ1v) is 20.0. The summed E-state index contributed by atoms with van der Waals surface area (Å²) in [5.74, 6) is -1.57. The van der Waals surface area contributed by atoms with Gasteiger partial charge in [0.15, 0.2) is 5.78 Å². The lowest BCUT2D eigenvalue weighted by atomic mass is 9.66. The Bertz CT molecular complexity index is 1410. The van der Waals surface area contributed by atoms with Gasteiger partial charge in [0, 0.05) is 37.6 Å². The Morgan fingerprint density at radius 1 is 0.778 bits per heavy atom. The lowest BCUT2D eigenvalue weighted by Crippen LogP contribution is -2.53. The molecule has 1 saturated heterocycles. The maximum Gasteiger partial charge on any atom is 0.460 e. The topological polar surface area (TPSA) is 166 Å². The Labute approximate surface area is 324 Å². The number of hydrogen-bond acceptors (Lipinski definition) is 8. The van der Waals surface area contributed by atoms with Gasteiger partial charge in [0.1, 0.15) is 6.04 Å². The number of Topliss-reactive ketones (excluding diaryl/α,β-unsaturated/α-hetero) is 1. The molecular weight excluding hydrogens is 681 g/mol. The third-order valence-electron chi connectivity index (χ3n) is 9.81. The summed E-state index contributed by atoms with van der Waals surface area (Å²) >= 11 is 0. The Morgan fingerprint density at radius 2 is 1.31 bits per heavy atom. The van der Waals surface area contributed by atoms with E-state index in [1.165, 1.54) is 0 Å². The molecule has 0 saturated carbocycles. The number of amides is 3. The molecule has 0 spiro atoms. The van der Waals surface area contributed by atoms with Crippen LogP contribution < -0.4 is 22.1 Å². The average molecular weight is 748 g/mol. The van der Waals surface area contributed by atoms with E-state index in [1.54, 1.807) is 0 Å². The fourth-order valence-electron chi connectivity index (χ4n) is 7.01. The number of carbonyl (C=O) groups excluding carboxylic acids is 4. The normalized spacial score (nSPS) is 15.9. The molecule has 2 aromatic carbocycles. The van der Waals surface area contributed by atoms with Crippen LogP contribution in [0.4, 0.5) is 0 Å². The Morgan fingerprint density at radius 3 is 1.83 bits per heavy atom. The molecule has 1 aliphatic heterocycles. The van der Waals surface area contributed by atoms with Gasteiger partial charge in [0.05, 0.1) is 12.1 Å². The minimum Gasteiger partial charge on any atom is -0.409 e. The molecule has 0 bridgehead atoms. The number of hydrogen-bond donors (Lipinski definition) is 4. The second-order valence-electron chi connectivity index (χ2n) is 15.8. The maximum absolute atomic E-state index is 14.1. The molecule has 1 fully saturated rings. The van der Waals surface area contributed by atoms with Gasteiger partial charge in [-0.2, -0.15) is 0 Å². The molecule has 3 amide bonds. The standard InChI is InChI=1S/C42H66BN5O6/c1-29(2)25-34(28-39(49)38(27-33-17-11-8-12-18-33)47-41(51)36(45)26-32-15-9-7-10-16-32)40(50)46-37(19-13-14-22-44)42(52)48-23-20-35(21-24-48)43(53-30(3)4)54-31(5)6/h7-12,15-18,29-31,34-38H,13-14,19-28,44-45H2,1-6H3,(H,46,50)(H,47,51)/t34-,36+,37+,38+/m0/s1. The van der Waals surface area contributed by atoms with Crippen molar-refractivity contribution in [2.75, 3.05) is 19.6 Å². The average Bonchev–Trinajstić information content (AvgIpc) is 3.13. The minimum absolute atomic E-state index is 0.0170. The number of likely N-dealkylation sites (tertiary alicyclic amines) is 1. The van der Waals surface area contributed by atoms with Crippen molar-refractivity contribution >= 4 is 30.6 Å². The number of carbonyl (C=O) groups is 4. The number of nitrogens with one attached hydrogen (secondary N) is 2. The molecular formula is C42H66BN5O6. The molecule has 298 valence electrons. The van der Waals surface area contributed by atoms with Gasteiger partial charge < -0.3 is 36.3 Å². The van der Waals surface area contributed by atoms with Crippen molar-refractivity contribution < 1.29 is 28.5 Å². The van der Waals surface area contributed by atoms with E-state index in [1.807, 2.05) is 107 Å². The lowest BCUT2D eigenvalue weighted by molar-refractivity contribution is -0.139. The van der Waals surface area contributed by atoms with Crippen molar-refractivity contribution in [3.8, 4) is 0 Å². The van der Waals surface area contributed by atoms with Crippen LogP contribution in [0.25, 0.3) is 0 Å². The van der Waals surface area contributed by atoms with Crippen LogP contribution in [0.1, 0.15) is 97.6 Å². The first-order chi connectivity index (χ1) is 25.8. The Kier molecular flexibility index (Phi) is 19.4. The Balaban J connectivity index is 1.75. The van der Waals surface area contributed by atoms with Crippen LogP contribution in [0.5, 0.6) is 0 Å². The largest absolute Gasteiger partial charge is 0.460 e. The third kappa shape index (κ3) is 15.6. The van der Waals surface area contributed by atoms with E-state index >= 15 is 0 Å². The molecule has 1 heterocycles. The fraction of sp³-hybridized carbons (Fsp3) is 0.619. The van der Waals surface area contributed by atoms with Gasteiger partial charge in [-0.15, -0.1) is 0 Å². The first-order valence-electron chi connectivity index (χ1n) is 20.0. The van der Waals surface area contributed by atoms with E-state index in [4.69, 9.17) is 20.8 Å². The zero-order valence-electron chi connectivity index (χ0n) is 33.5. The highest BCUT2D eigenvalue weighted by Crippen LogP contribution is 2.29. The second kappa shape index (κ2) is 23.4. The second-order valence-corrected chi connectivity index (χ2v) is 15.8. The summed E-state index contributed by atoms with van der Waals surface area (Å²) in [4.78, 5) is 57.5. The van der Waals surface area contributed by atoms with Crippen LogP contribution >= 0.6 is 0 Å². The SMILES string of the molecule is CC(C)C[C@@H](CC(=O)[C@@H](Cc1ccccc1)NC(=O)[C@H](N)Cc1ccccc1)C(=O)N[C@H](CCCCN)C(=O)N1CCC(B(OC(C)C)OC(C)C)CC1. The van der Waals surface area contributed by atoms with Crippen molar-refractivity contribution in [1.82, 2.24) is 15.5 Å². The number of ketones is 1. The monoisotopic (exact) mass is 748 g/mol. The van der Waals surface area contributed by atoms with Crippen LogP contribution in [0.3, 0.4) is 0 Å². The molecule has 6 N–H and O–H groups in total. The molecule has 1 aliphatic rings. The predicted molar refractivity (Wildman–Crippen MR) is 215 cm³/mol. The van der Waals surface area contributed by atoms with Crippen LogP contribution in [0, 0.1) is 11.8 Å². The molecule has 0 aliphatic carbocycles. The molecule has 0 aromatic heterocycles. The molecule has 54 heavy (non-hydrogen) atoms. The first kappa shape index (κ1) is 44.8. The highest BCUT2D eigenvalue weighted by Gasteiger charge is 2.38. The van der Waals surface area contributed by atoms with E-state index in [2.05, 4.69) is 10.6 Å². The molecule has 3 rings (SSSR count). The minimum atomic E-state index is -0.879. The van der Waals surface area contributed by atoms with E-state index in [-0.39, 0.29) is 61.5 Å². The summed E-state index contributed by atoms with van der Waals surface area (Å²) in [7, 11) is -0.341. The van der Waals surface area contributed by atoms with E-state index < -0.39 is 30.0 Å². The highest BCUT2D eigenvalue weighted by atomic mass is 16.6. The van der Waals surface area contributed by atoms with Crippen LogP contribution in [-0.4, -0.2) is 85.5 Å². The fourth-order valence-corrected chi connectivity index (χ4v) is 7.01. The molecule has 0 radical (unpaired) electrons. The number of nitrogens with two attached hydrogens (primary N) is 2. The number of benzene rings is 2. The number of nitrogens with zero attached hydrogens (tertiary/aromatic N) is 1. The summed E-state index contributed by atoms with van der Waals surface area (Å²) in [6.07, 6.45) is 4.30. The van der Waals surface area contributed by atoms with Gasteiger partial charge in [-0.3, -0.25) is 19.2 Å². The van der Waals surface area contributed by atoms with Crippen molar-refractivity contribution in [3.63, 3.8) is 0 Å². The van der Waals surface area contributed by atoms with Gasteiger partial charge >= 0.3 is 7.12 Å². The predicted octanol–water partition coefficient (Wildman–Crippen LogP) is 4.85. The van der Waals surface area contributed by atoms with Gasteiger partial charge in [-0.05, 0) is 108 Å². The summed E-state index contributed by atoms with van der Waals surface area (Å²) in [5, 5.41) is 5.98. The van der Waals surface area contributed by atoms with E-state index in [0.29, 0.717) is 45.3 Å². The number of piperidine rings is 1. The van der Waals surface area contributed by atoms with Crippen molar-refractivity contribution in [2.24, 2.45) is 23.3 Å². The summed E-state index contributed by atoms with van der Waals surface area (Å²) in [6.45, 7) is 13.5. The van der Waals surface area contributed by atoms with Crippen LogP contribution in [0.2, 0.25) is 5.82 Å². The number of unbranched alkanes of at least 4 members (excludes halogenated alkanes) is 1. The van der Waals surface area contributed by atoms with Gasteiger partial charge in [0.2, 0.25) is 17.7 Å². The summed E-state index contributed by atoms with van der Waals surface area (Å²) in [6, 6.07) is 16.5. The zero-order valence-corrected chi connectivity index (χ0v) is 33.5. The van der Waals surface area contributed by atoms with Crippen molar-refractivity contribution in [2.45, 2.75) is 135 Å². The molecule has 0 unspecified atom stereocenters. The summed E-state index contributed by atoms with van der Waals surface area (Å²) in [5.41, 5.74) is 13.9. The molecule has 2 aromatic rings. The molecule has 11 nitrogen and oxygen atoms in total. The molecule has 12 heteroatoms. The van der Waals surface area contributed by atoms with Gasteiger partial charge in [-0.25, -0.2) is 0 Å². The van der Waals surface area contributed by atoms with E-state index in [9.17, 15) is 19.2 Å². The molecule has 4 atom stereocenters. The van der Waals surface area contributed by atoms with Crippen molar-refractivity contribution in [1.29, 1.82) is 0 Å². The zero-order chi connectivity index (χ0) is 39.6. The Hall–Kier alpha value is -3.58. The number of rotatable bonds is 23. The van der Waals surface area contributed by atoms with Gasteiger partial charge in [-0.1, -0.05) is 74.5 Å². The van der Waals surface area contributed by atoms with Crippen LogP contribution in [-0.2, 0) is 41.3 Å². The smallest absolute Gasteiger partial charge is 0.409 e. The maximum atomic E-state index is 14.1. The third-order valence-corrected chi connectivity index (χ3v) is 9.81. The lowest BCUT2D eigenvalue weighted by Gasteiger charge is -2.37. The van der Waals surface area contributed by atoms with Crippen LogP contribution in [0.15, 0.2) is 60.7 Å². The van der Waals surface area contributed by atoms with Crippen molar-refractivity contribution in [3.05, 3.63) is 71.8 Å². The highest BCUT2D eigenvalue weighted by molar-refractivity contribution is 6.46. The summed E-state index contributed by atoms with van der Waals surface area (Å²) < 4.78 is 12.2. The quantitative estimate of drug-likeness (QED) is 0.0926.